The van der Waals surface area contributed by atoms with Gasteiger partial charge in [0.2, 0.25) is 5.91 Å². The first-order chi connectivity index (χ1) is 9.04. The minimum absolute atomic E-state index is 0.0390. The zero-order valence-corrected chi connectivity index (χ0v) is 11.4. The minimum atomic E-state index is 0.0390. The van der Waals surface area contributed by atoms with E-state index in [1.807, 2.05) is 19.9 Å². The van der Waals surface area contributed by atoms with E-state index in [4.69, 9.17) is 15.4 Å². The monoisotopic (exact) mass is 267 g/mol. The van der Waals surface area contributed by atoms with Crippen LogP contribution in [0.4, 0.5) is 0 Å². The zero-order valence-electron chi connectivity index (χ0n) is 11.4. The SMILES string of the molecule is CC(C)N(CC/C(N)=N/O)C(=O)CCc1ccco1. The van der Waals surface area contributed by atoms with Crippen molar-refractivity contribution in [2.45, 2.75) is 39.2 Å². The molecule has 1 heterocycles. The van der Waals surface area contributed by atoms with Crippen LogP contribution in [-0.2, 0) is 11.2 Å². The van der Waals surface area contributed by atoms with Gasteiger partial charge in [-0.15, -0.1) is 0 Å². The third-order valence-corrected chi connectivity index (χ3v) is 2.85. The summed E-state index contributed by atoms with van der Waals surface area (Å²) in [5, 5.41) is 11.4. The van der Waals surface area contributed by atoms with Gasteiger partial charge in [0.05, 0.1) is 6.26 Å². The Morgan fingerprint density at radius 1 is 1.53 bits per heavy atom. The first kappa shape index (κ1) is 15.1. The van der Waals surface area contributed by atoms with E-state index in [-0.39, 0.29) is 17.8 Å². The van der Waals surface area contributed by atoms with Crippen LogP contribution in [0.2, 0.25) is 0 Å². The van der Waals surface area contributed by atoms with E-state index >= 15 is 0 Å². The fourth-order valence-corrected chi connectivity index (χ4v) is 1.78. The van der Waals surface area contributed by atoms with Crippen LogP contribution in [0.15, 0.2) is 28.0 Å². The van der Waals surface area contributed by atoms with Gasteiger partial charge in [0.1, 0.15) is 11.6 Å². The van der Waals surface area contributed by atoms with Gasteiger partial charge < -0.3 is 20.3 Å². The van der Waals surface area contributed by atoms with Gasteiger partial charge in [-0.2, -0.15) is 0 Å². The van der Waals surface area contributed by atoms with Crippen molar-refractivity contribution in [3.63, 3.8) is 0 Å². The molecule has 0 spiro atoms. The summed E-state index contributed by atoms with van der Waals surface area (Å²) in [7, 11) is 0. The second-order valence-electron chi connectivity index (χ2n) is 4.60. The first-order valence-electron chi connectivity index (χ1n) is 6.32. The Morgan fingerprint density at radius 3 is 2.79 bits per heavy atom. The molecule has 3 N–H and O–H groups in total. The number of amides is 1. The second kappa shape index (κ2) is 7.45. The molecule has 0 radical (unpaired) electrons. The molecular formula is C13H21N3O3. The van der Waals surface area contributed by atoms with Crippen LogP contribution in [-0.4, -0.2) is 34.4 Å². The molecule has 19 heavy (non-hydrogen) atoms. The minimum Gasteiger partial charge on any atom is -0.469 e. The fraction of sp³-hybridized carbons (Fsp3) is 0.538. The summed E-state index contributed by atoms with van der Waals surface area (Å²) in [5.41, 5.74) is 5.42. The number of nitrogens with two attached hydrogens (primary N) is 1. The van der Waals surface area contributed by atoms with E-state index in [9.17, 15) is 4.79 Å². The van der Waals surface area contributed by atoms with E-state index in [2.05, 4.69) is 5.16 Å². The summed E-state index contributed by atoms with van der Waals surface area (Å²) in [4.78, 5) is 13.8. The topological polar surface area (TPSA) is 92.1 Å². The molecule has 0 bridgehead atoms. The van der Waals surface area contributed by atoms with E-state index in [1.54, 1.807) is 17.2 Å². The number of carbonyl (C=O) groups is 1. The fourth-order valence-electron chi connectivity index (χ4n) is 1.78. The number of amidine groups is 1. The molecule has 1 aromatic rings. The van der Waals surface area contributed by atoms with Crippen molar-refractivity contribution >= 4 is 11.7 Å². The molecule has 0 saturated heterocycles. The molecule has 1 rings (SSSR count). The molecule has 6 heteroatoms. The molecule has 1 aromatic heterocycles. The molecule has 106 valence electrons. The standard InChI is InChI=1S/C13H21N3O3/c1-10(2)16(8-7-12(14)15-18)13(17)6-5-11-4-3-9-19-11/h3-4,9-10,18H,5-8H2,1-2H3,(H2,14,15). The number of aryl methyl sites for hydroxylation is 1. The Hall–Kier alpha value is -1.98. The lowest BCUT2D eigenvalue weighted by atomic mass is 10.2. The summed E-state index contributed by atoms with van der Waals surface area (Å²) in [6, 6.07) is 3.73. The molecule has 0 unspecified atom stereocenters. The highest BCUT2D eigenvalue weighted by molar-refractivity contribution is 5.81. The van der Waals surface area contributed by atoms with Gasteiger partial charge in [-0.05, 0) is 26.0 Å². The van der Waals surface area contributed by atoms with Crippen LogP contribution in [0.3, 0.4) is 0 Å². The molecule has 6 nitrogen and oxygen atoms in total. The molecule has 0 aromatic carbocycles. The molecule has 0 aliphatic rings. The Kier molecular flexibility index (Phi) is 5.92. The van der Waals surface area contributed by atoms with Crippen molar-refractivity contribution in [3.05, 3.63) is 24.2 Å². The van der Waals surface area contributed by atoms with Gasteiger partial charge in [-0.1, -0.05) is 5.16 Å². The molecular weight excluding hydrogens is 246 g/mol. The van der Waals surface area contributed by atoms with Crippen LogP contribution >= 0.6 is 0 Å². The lowest BCUT2D eigenvalue weighted by Gasteiger charge is -2.26. The van der Waals surface area contributed by atoms with Crippen molar-refractivity contribution in [3.8, 4) is 0 Å². The lowest BCUT2D eigenvalue weighted by molar-refractivity contribution is -0.132. The molecule has 0 aliphatic heterocycles. The van der Waals surface area contributed by atoms with Crippen molar-refractivity contribution in [1.82, 2.24) is 4.90 Å². The highest BCUT2D eigenvalue weighted by Crippen LogP contribution is 2.08. The lowest BCUT2D eigenvalue weighted by Crippen LogP contribution is -2.39. The number of nitrogens with zero attached hydrogens (tertiary/aromatic N) is 2. The number of carbonyl (C=O) groups excluding carboxylic acids is 1. The quantitative estimate of drug-likeness (QED) is 0.339. The number of oxime groups is 1. The normalized spacial score (nSPS) is 11.8. The van der Waals surface area contributed by atoms with Crippen LogP contribution < -0.4 is 5.73 Å². The number of hydrogen-bond acceptors (Lipinski definition) is 4. The second-order valence-corrected chi connectivity index (χ2v) is 4.60. The summed E-state index contributed by atoms with van der Waals surface area (Å²) < 4.78 is 5.20. The van der Waals surface area contributed by atoms with Gasteiger partial charge >= 0.3 is 0 Å². The first-order valence-corrected chi connectivity index (χ1v) is 6.32. The van der Waals surface area contributed by atoms with Crippen LogP contribution in [0.5, 0.6) is 0 Å². The third-order valence-electron chi connectivity index (χ3n) is 2.85. The van der Waals surface area contributed by atoms with Gasteiger partial charge in [-0.25, -0.2) is 0 Å². The highest BCUT2D eigenvalue weighted by Gasteiger charge is 2.17. The van der Waals surface area contributed by atoms with Gasteiger partial charge in [0.25, 0.3) is 0 Å². The predicted molar refractivity (Wildman–Crippen MR) is 71.9 cm³/mol. The van der Waals surface area contributed by atoms with E-state index in [0.717, 1.165) is 5.76 Å². The number of furan rings is 1. The largest absolute Gasteiger partial charge is 0.469 e. The van der Waals surface area contributed by atoms with Crippen LogP contribution in [0.1, 0.15) is 32.4 Å². The van der Waals surface area contributed by atoms with E-state index < -0.39 is 0 Å². The van der Waals surface area contributed by atoms with E-state index in [0.29, 0.717) is 25.8 Å². The number of rotatable bonds is 7. The number of hydrogen-bond donors (Lipinski definition) is 2. The molecule has 1 amide bonds. The predicted octanol–water partition coefficient (Wildman–Crippen LogP) is 1.59. The smallest absolute Gasteiger partial charge is 0.223 e. The van der Waals surface area contributed by atoms with Gasteiger partial charge in [-0.3, -0.25) is 4.79 Å². The summed E-state index contributed by atoms with van der Waals surface area (Å²) in [5.74, 6) is 0.968. The molecule has 0 saturated carbocycles. The van der Waals surface area contributed by atoms with Crippen molar-refractivity contribution in [2.75, 3.05) is 6.54 Å². The Labute approximate surface area is 112 Å². The van der Waals surface area contributed by atoms with Gasteiger partial charge in [0.15, 0.2) is 0 Å². The maximum absolute atomic E-state index is 12.1. The average molecular weight is 267 g/mol. The third kappa shape index (κ3) is 5.03. The Morgan fingerprint density at radius 2 is 2.26 bits per heavy atom. The van der Waals surface area contributed by atoms with Crippen molar-refractivity contribution in [1.29, 1.82) is 0 Å². The van der Waals surface area contributed by atoms with Crippen LogP contribution in [0.25, 0.3) is 0 Å². The maximum atomic E-state index is 12.1. The average Bonchev–Trinajstić information content (AvgIpc) is 2.88. The van der Waals surface area contributed by atoms with E-state index in [1.165, 1.54) is 0 Å². The summed E-state index contributed by atoms with van der Waals surface area (Å²) in [6.07, 6.45) is 2.93. The van der Waals surface area contributed by atoms with Crippen molar-refractivity contribution in [2.24, 2.45) is 10.9 Å². The van der Waals surface area contributed by atoms with Gasteiger partial charge in [0, 0.05) is 31.8 Å². The zero-order chi connectivity index (χ0) is 14.3. The maximum Gasteiger partial charge on any atom is 0.223 e. The molecule has 0 fully saturated rings. The van der Waals surface area contributed by atoms with Crippen molar-refractivity contribution < 1.29 is 14.4 Å². The Bertz CT molecular complexity index is 413. The highest BCUT2D eigenvalue weighted by atomic mass is 16.4. The summed E-state index contributed by atoms with van der Waals surface area (Å²) >= 11 is 0. The molecule has 0 atom stereocenters. The Balaban J connectivity index is 2.48. The van der Waals surface area contributed by atoms with Crippen LogP contribution in [0, 0.1) is 0 Å². The summed E-state index contributed by atoms with van der Waals surface area (Å²) in [6.45, 7) is 4.33. The molecule has 0 aliphatic carbocycles.